The van der Waals surface area contributed by atoms with Gasteiger partial charge in [0.1, 0.15) is 0 Å². The van der Waals surface area contributed by atoms with E-state index >= 15 is 0 Å². The van der Waals surface area contributed by atoms with Gasteiger partial charge in [-0.05, 0) is 17.8 Å². The van der Waals surface area contributed by atoms with Gasteiger partial charge in [0.15, 0.2) is 0 Å². The van der Waals surface area contributed by atoms with E-state index in [-0.39, 0.29) is 17.9 Å². The standard InChI is InChI=1S/C14H24Cl3NO2/c1-6-7(2)11-9(4)8(3)10(5)12(19-11)20-13(18)14(15,16)17/h7-12,18H,6H2,1-5H3/t7-,8-,9-,10?,11?,12?/m0/s1. The first-order chi connectivity index (χ1) is 9.09. The van der Waals surface area contributed by atoms with E-state index in [1.165, 1.54) is 0 Å². The molecule has 1 aliphatic rings. The van der Waals surface area contributed by atoms with Crippen molar-refractivity contribution < 1.29 is 9.47 Å². The van der Waals surface area contributed by atoms with Gasteiger partial charge in [-0.1, -0.05) is 75.8 Å². The van der Waals surface area contributed by atoms with Crippen molar-refractivity contribution in [1.29, 1.82) is 5.41 Å². The fourth-order valence-corrected chi connectivity index (χ4v) is 2.76. The van der Waals surface area contributed by atoms with E-state index in [0.717, 1.165) is 6.42 Å². The van der Waals surface area contributed by atoms with E-state index in [1.54, 1.807) is 0 Å². The van der Waals surface area contributed by atoms with Crippen molar-refractivity contribution in [3.05, 3.63) is 0 Å². The summed E-state index contributed by atoms with van der Waals surface area (Å²) in [5.41, 5.74) is 0. The Labute approximate surface area is 136 Å². The van der Waals surface area contributed by atoms with Crippen LogP contribution < -0.4 is 0 Å². The van der Waals surface area contributed by atoms with E-state index in [2.05, 4.69) is 27.7 Å². The number of halogens is 3. The first-order valence-corrected chi connectivity index (χ1v) is 8.20. The summed E-state index contributed by atoms with van der Waals surface area (Å²) in [6, 6.07) is 0. The van der Waals surface area contributed by atoms with Crippen LogP contribution in [-0.4, -0.2) is 22.1 Å². The Morgan fingerprint density at radius 1 is 1.20 bits per heavy atom. The molecule has 0 spiro atoms. The lowest BCUT2D eigenvalue weighted by atomic mass is 9.75. The Bertz CT molecular complexity index is 346. The molecule has 1 aliphatic heterocycles. The van der Waals surface area contributed by atoms with E-state index in [1.807, 2.05) is 6.92 Å². The summed E-state index contributed by atoms with van der Waals surface area (Å²) in [6.45, 7) is 10.7. The molecule has 0 radical (unpaired) electrons. The molecule has 118 valence electrons. The molecule has 1 saturated heterocycles. The molecular weight excluding hydrogens is 321 g/mol. The molecule has 1 heterocycles. The monoisotopic (exact) mass is 343 g/mol. The van der Waals surface area contributed by atoms with Crippen LogP contribution in [0.3, 0.4) is 0 Å². The zero-order chi connectivity index (χ0) is 15.7. The minimum absolute atomic E-state index is 0.0966. The van der Waals surface area contributed by atoms with Gasteiger partial charge in [-0.15, -0.1) is 0 Å². The molecule has 3 unspecified atom stereocenters. The van der Waals surface area contributed by atoms with Crippen LogP contribution in [0.4, 0.5) is 0 Å². The van der Waals surface area contributed by atoms with E-state index in [0.29, 0.717) is 17.8 Å². The Morgan fingerprint density at radius 2 is 1.75 bits per heavy atom. The zero-order valence-corrected chi connectivity index (χ0v) is 14.9. The molecule has 20 heavy (non-hydrogen) atoms. The summed E-state index contributed by atoms with van der Waals surface area (Å²) in [5, 5.41) is 7.70. The van der Waals surface area contributed by atoms with Gasteiger partial charge >= 0.3 is 0 Å². The van der Waals surface area contributed by atoms with Crippen molar-refractivity contribution in [3.8, 4) is 0 Å². The topological polar surface area (TPSA) is 42.3 Å². The molecule has 3 nitrogen and oxygen atoms in total. The molecule has 0 aromatic rings. The lowest BCUT2D eigenvalue weighted by Crippen LogP contribution is -2.49. The Morgan fingerprint density at radius 3 is 2.20 bits per heavy atom. The predicted molar refractivity (Wildman–Crippen MR) is 84.7 cm³/mol. The first-order valence-electron chi connectivity index (χ1n) is 7.07. The second-order valence-corrected chi connectivity index (χ2v) is 8.16. The van der Waals surface area contributed by atoms with Crippen LogP contribution in [-0.2, 0) is 9.47 Å². The van der Waals surface area contributed by atoms with Crippen molar-refractivity contribution >= 4 is 40.7 Å². The summed E-state index contributed by atoms with van der Waals surface area (Å²) in [4.78, 5) is 0. The first kappa shape index (κ1) is 18.3. The highest BCUT2D eigenvalue weighted by Crippen LogP contribution is 2.40. The number of alkyl halides is 3. The van der Waals surface area contributed by atoms with Crippen LogP contribution in [0.1, 0.15) is 41.0 Å². The number of nitrogens with one attached hydrogen (secondary N) is 1. The van der Waals surface area contributed by atoms with Crippen LogP contribution >= 0.6 is 34.8 Å². The smallest absolute Gasteiger partial charge is 0.265 e. The van der Waals surface area contributed by atoms with Crippen LogP contribution in [0.5, 0.6) is 0 Å². The van der Waals surface area contributed by atoms with Gasteiger partial charge < -0.3 is 9.47 Å². The van der Waals surface area contributed by atoms with Crippen molar-refractivity contribution in [1.82, 2.24) is 0 Å². The second kappa shape index (κ2) is 7.04. The molecule has 6 atom stereocenters. The molecule has 0 saturated carbocycles. The molecule has 6 heteroatoms. The van der Waals surface area contributed by atoms with Crippen LogP contribution in [0.2, 0.25) is 0 Å². The Kier molecular flexibility index (Phi) is 6.46. The highest BCUT2D eigenvalue weighted by molar-refractivity contribution is 6.76. The maximum atomic E-state index is 7.70. The highest BCUT2D eigenvalue weighted by atomic mass is 35.6. The fraction of sp³-hybridized carbons (Fsp3) is 0.929. The van der Waals surface area contributed by atoms with Crippen molar-refractivity contribution in [2.75, 3.05) is 0 Å². The average Bonchev–Trinajstić information content (AvgIpc) is 2.37. The van der Waals surface area contributed by atoms with E-state index < -0.39 is 10.1 Å². The van der Waals surface area contributed by atoms with Gasteiger partial charge in [0.05, 0.1) is 6.10 Å². The molecule has 1 rings (SSSR count). The molecule has 1 fully saturated rings. The molecule has 1 N–H and O–H groups in total. The number of ether oxygens (including phenoxy) is 2. The Balaban J connectivity index is 2.83. The van der Waals surface area contributed by atoms with Crippen molar-refractivity contribution in [2.45, 2.75) is 57.2 Å². The third kappa shape index (κ3) is 4.16. The van der Waals surface area contributed by atoms with Crippen molar-refractivity contribution in [3.63, 3.8) is 0 Å². The van der Waals surface area contributed by atoms with Gasteiger partial charge in [0, 0.05) is 5.92 Å². The summed E-state index contributed by atoms with van der Waals surface area (Å²) >= 11 is 17.0. The molecule has 0 amide bonds. The lowest BCUT2D eigenvalue weighted by Gasteiger charge is -2.45. The summed E-state index contributed by atoms with van der Waals surface area (Å²) in [7, 11) is 0. The minimum atomic E-state index is -1.85. The molecular formula is C14H24Cl3NO2. The normalized spacial score (nSPS) is 36.5. The fourth-order valence-electron chi connectivity index (χ4n) is 2.63. The third-order valence-electron chi connectivity index (χ3n) is 4.59. The third-order valence-corrected chi connectivity index (χ3v) is 5.11. The van der Waals surface area contributed by atoms with Crippen molar-refractivity contribution in [2.24, 2.45) is 23.7 Å². The van der Waals surface area contributed by atoms with Gasteiger partial charge in [-0.3, -0.25) is 5.41 Å². The molecule has 0 aromatic heterocycles. The molecule has 0 aliphatic carbocycles. The maximum absolute atomic E-state index is 7.70. The number of hydrogen-bond acceptors (Lipinski definition) is 3. The summed E-state index contributed by atoms with van der Waals surface area (Å²) < 4.78 is 9.69. The average molecular weight is 345 g/mol. The van der Waals surface area contributed by atoms with Gasteiger partial charge in [-0.25, -0.2) is 0 Å². The van der Waals surface area contributed by atoms with Crippen LogP contribution in [0.25, 0.3) is 0 Å². The lowest BCUT2D eigenvalue weighted by molar-refractivity contribution is -0.230. The van der Waals surface area contributed by atoms with Gasteiger partial charge in [0.2, 0.25) is 12.2 Å². The second-order valence-electron chi connectivity index (χ2n) is 5.88. The van der Waals surface area contributed by atoms with Crippen LogP contribution in [0.15, 0.2) is 0 Å². The molecule has 0 bridgehead atoms. The Hall–Kier alpha value is 0.300. The largest absolute Gasteiger partial charge is 0.448 e. The number of hydrogen-bond donors (Lipinski definition) is 1. The maximum Gasteiger partial charge on any atom is 0.265 e. The highest BCUT2D eigenvalue weighted by Gasteiger charge is 2.43. The quantitative estimate of drug-likeness (QED) is 0.443. The molecule has 0 aromatic carbocycles. The summed E-state index contributed by atoms with van der Waals surface area (Å²) in [6.07, 6.45) is 0.591. The summed E-state index contributed by atoms with van der Waals surface area (Å²) in [5.74, 6) is 1.02. The number of rotatable bonds is 3. The van der Waals surface area contributed by atoms with Crippen LogP contribution in [0, 0.1) is 29.1 Å². The SMILES string of the molecule is CC[C@H](C)C1OC(OC(=N)C(Cl)(Cl)Cl)C(C)[C@@H](C)[C@@H]1C. The van der Waals surface area contributed by atoms with Gasteiger partial charge in [-0.2, -0.15) is 0 Å². The van der Waals surface area contributed by atoms with E-state index in [9.17, 15) is 0 Å². The zero-order valence-electron chi connectivity index (χ0n) is 12.6. The van der Waals surface area contributed by atoms with Gasteiger partial charge in [0.25, 0.3) is 3.79 Å². The minimum Gasteiger partial charge on any atom is -0.448 e. The predicted octanol–water partition coefficient (Wildman–Crippen LogP) is 5.03. The van der Waals surface area contributed by atoms with E-state index in [4.69, 9.17) is 49.7 Å².